The number of hydrogen-bond donors (Lipinski definition) is 1. The standard InChI is InChI=1S/C13H23ClN2O/c1-11(14)8-15-6-2-4-12(15)9-16-7-3-5-13(16)10-17/h12-13,17H,1-10H2. The van der Waals surface area contributed by atoms with E-state index in [1.165, 1.54) is 19.3 Å². The summed E-state index contributed by atoms with van der Waals surface area (Å²) in [6.45, 7) is 8.24. The Morgan fingerprint density at radius 3 is 2.47 bits per heavy atom. The highest BCUT2D eigenvalue weighted by Crippen LogP contribution is 2.24. The first kappa shape index (κ1) is 13.3. The second-order valence-electron chi connectivity index (χ2n) is 5.26. The first-order valence-electron chi connectivity index (χ1n) is 6.63. The average molecular weight is 259 g/mol. The molecular formula is C13H23ClN2O. The zero-order chi connectivity index (χ0) is 12.3. The molecule has 2 rings (SSSR count). The summed E-state index contributed by atoms with van der Waals surface area (Å²) in [6.07, 6.45) is 4.87. The topological polar surface area (TPSA) is 26.7 Å². The Morgan fingerprint density at radius 2 is 1.82 bits per heavy atom. The molecule has 2 aliphatic rings. The molecule has 2 aliphatic heterocycles. The van der Waals surface area contributed by atoms with Crippen LogP contribution < -0.4 is 0 Å². The minimum Gasteiger partial charge on any atom is -0.395 e. The molecule has 2 fully saturated rings. The van der Waals surface area contributed by atoms with Crippen molar-refractivity contribution >= 4 is 11.6 Å². The van der Waals surface area contributed by atoms with Crippen LogP contribution in [0.5, 0.6) is 0 Å². The molecular weight excluding hydrogens is 236 g/mol. The van der Waals surface area contributed by atoms with E-state index in [1.807, 2.05) is 0 Å². The van der Waals surface area contributed by atoms with Gasteiger partial charge in [-0.1, -0.05) is 18.2 Å². The maximum Gasteiger partial charge on any atom is 0.0586 e. The van der Waals surface area contributed by atoms with Crippen LogP contribution in [0.15, 0.2) is 11.6 Å². The molecule has 2 unspecified atom stereocenters. The highest BCUT2D eigenvalue weighted by atomic mass is 35.5. The van der Waals surface area contributed by atoms with Gasteiger partial charge in [0.2, 0.25) is 0 Å². The lowest BCUT2D eigenvalue weighted by atomic mass is 10.2. The number of nitrogens with zero attached hydrogens (tertiary/aromatic N) is 2. The van der Waals surface area contributed by atoms with Crippen LogP contribution in [0.4, 0.5) is 0 Å². The Hall–Kier alpha value is -0.0900. The lowest BCUT2D eigenvalue weighted by molar-refractivity contribution is 0.126. The van der Waals surface area contributed by atoms with E-state index in [0.717, 1.165) is 37.6 Å². The van der Waals surface area contributed by atoms with Gasteiger partial charge in [0.1, 0.15) is 0 Å². The molecule has 0 bridgehead atoms. The van der Waals surface area contributed by atoms with Gasteiger partial charge in [-0.3, -0.25) is 9.80 Å². The number of aliphatic hydroxyl groups excluding tert-OH is 1. The van der Waals surface area contributed by atoms with Crippen molar-refractivity contribution in [1.82, 2.24) is 9.80 Å². The first-order chi connectivity index (χ1) is 8.20. The van der Waals surface area contributed by atoms with Crippen LogP contribution in [0.2, 0.25) is 0 Å². The van der Waals surface area contributed by atoms with E-state index in [9.17, 15) is 5.11 Å². The van der Waals surface area contributed by atoms with Crippen LogP contribution in [0, 0.1) is 0 Å². The predicted octanol–water partition coefficient (Wildman–Crippen LogP) is 1.66. The first-order valence-corrected chi connectivity index (χ1v) is 7.00. The van der Waals surface area contributed by atoms with Crippen LogP contribution in [0.3, 0.4) is 0 Å². The molecule has 3 nitrogen and oxygen atoms in total. The summed E-state index contributed by atoms with van der Waals surface area (Å²) >= 11 is 5.91. The van der Waals surface area contributed by atoms with E-state index in [1.54, 1.807) is 0 Å². The van der Waals surface area contributed by atoms with Crippen molar-refractivity contribution in [1.29, 1.82) is 0 Å². The molecule has 1 N–H and O–H groups in total. The molecule has 0 aliphatic carbocycles. The summed E-state index contributed by atoms with van der Waals surface area (Å²) in [6, 6.07) is 0.981. The van der Waals surface area contributed by atoms with Gasteiger partial charge in [0.05, 0.1) is 6.61 Å². The summed E-state index contributed by atoms with van der Waals surface area (Å²) < 4.78 is 0. The lowest BCUT2D eigenvalue weighted by Crippen LogP contribution is -2.43. The number of halogens is 1. The molecule has 2 saturated heterocycles. The minimum atomic E-state index is 0.301. The highest BCUT2D eigenvalue weighted by molar-refractivity contribution is 6.29. The predicted molar refractivity (Wildman–Crippen MR) is 71.3 cm³/mol. The molecule has 0 amide bonds. The van der Waals surface area contributed by atoms with Crippen molar-refractivity contribution in [2.24, 2.45) is 0 Å². The number of aliphatic hydroxyl groups is 1. The van der Waals surface area contributed by atoms with Crippen LogP contribution in [0.1, 0.15) is 25.7 Å². The maximum absolute atomic E-state index is 9.33. The van der Waals surface area contributed by atoms with E-state index in [2.05, 4.69) is 16.4 Å². The molecule has 0 aromatic heterocycles. The van der Waals surface area contributed by atoms with Gasteiger partial charge < -0.3 is 5.11 Å². The smallest absolute Gasteiger partial charge is 0.0586 e. The van der Waals surface area contributed by atoms with Gasteiger partial charge in [-0.15, -0.1) is 0 Å². The molecule has 0 radical (unpaired) electrons. The Balaban J connectivity index is 1.86. The molecule has 0 aromatic rings. The Labute approximate surface area is 109 Å². The monoisotopic (exact) mass is 258 g/mol. The van der Waals surface area contributed by atoms with Crippen LogP contribution in [-0.2, 0) is 0 Å². The molecule has 2 heterocycles. The quantitative estimate of drug-likeness (QED) is 0.813. The average Bonchev–Trinajstić information content (AvgIpc) is 2.88. The van der Waals surface area contributed by atoms with E-state index in [4.69, 9.17) is 11.6 Å². The second-order valence-corrected chi connectivity index (χ2v) is 5.79. The Kier molecular flexibility index (Phi) is 4.86. The molecule has 0 saturated carbocycles. The van der Waals surface area contributed by atoms with Crippen molar-refractivity contribution < 1.29 is 5.11 Å². The summed E-state index contributed by atoms with van der Waals surface area (Å²) in [4.78, 5) is 4.88. The van der Waals surface area contributed by atoms with Gasteiger partial charge in [0.15, 0.2) is 0 Å². The number of hydrogen-bond acceptors (Lipinski definition) is 3. The third-order valence-electron chi connectivity index (χ3n) is 4.03. The normalized spacial score (nSPS) is 31.2. The molecule has 2 atom stereocenters. The fourth-order valence-corrected chi connectivity index (χ4v) is 3.30. The van der Waals surface area contributed by atoms with Gasteiger partial charge >= 0.3 is 0 Å². The van der Waals surface area contributed by atoms with Crippen molar-refractivity contribution in [3.05, 3.63) is 11.6 Å². The zero-order valence-corrected chi connectivity index (χ0v) is 11.2. The summed E-state index contributed by atoms with van der Waals surface area (Å²) in [5.74, 6) is 0. The largest absolute Gasteiger partial charge is 0.395 e. The molecule has 4 heteroatoms. The Bertz CT molecular complexity index is 272. The number of rotatable bonds is 5. The van der Waals surface area contributed by atoms with Gasteiger partial charge in [-0.05, 0) is 38.8 Å². The van der Waals surface area contributed by atoms with Gasteiger partial charge in [0.25, 0.3) is 0 Å². The van der Waals surface area contributed by atoms with E-state index in [-0.39, 0.29) is 0 Å². The molecule has 0 aromatic carbocycles. The fraction of sp³-hybridized carbons (Fsp3) is 0.846. The van der Waals surface area contributed by atoms with E-state index < -0.39 is 0 Å². The van der Waals surface area contributed by atoms with E-state index >= 15 is 0 Å². The number of likely N-dealkylation sites (tertiary alicyclic amines) is 2. The van der Waals surface area contributed by atoms with Crippen molar-refractivity contribution in [2.75, 3.05) is 32.8 Å². The van der Waals surface area contributed by atoms with E-state index in [0.29, 0.717) is 18.7 Å². The van der Waals surface area contributed by atoms with Crippen LogP contribution >= 0.6 is 11.6 Å². The summed E-state index contributed by atoms with van der Waals surface area (Å²) in [5.41, 5.74) is 0. The summed E-state index contributed by atoms with van der Waals surface area (Å²) in [5, 5.41) is 10.1. The third-order valence-corrected chi connectivity index (χ3v) is 4.15. The van der Waals surface area contributed by atoms with Gasteiger partial charge in [0, 0.05) is 30.2 Å². The zero-order valence-electron chi connectivity index (χ0n) is 10.4. The van der Waals surface area contributed by atoms with Gasteiger partial charge in [-0.25, -0.2) is 0 Å². The minimum absolute atomic E-state index is 0.301. The lowest BCUT2D eigenvalue weighted by Gasteiger charge is -2.31. The fourth-order valence-electron chi connectivity index (χ4n) is 3.14. The maximum atomic E-state index is 9.33. The van der Waals surface area contributed by atoms with Crippen molar-refractivity contribution in [2.45, 2.75) is 37.8 Å². The molecule has 98 valence electrons. The van der Waals surface area contributed by atoms with Gasteiger partial charge in [-0.2, -0.15) is 0 Å². The van der Waals surface area contributed by atoms with Crippen LogP contribution in [0.25, 0.3) is 0 Å². The Morgan fingerprint density at radius 1 is 1.18 bits per heavy atom. The second kappa shape index (κ2) is 6.19. The molecule has 0 spiro atoms. The van der Waals surface area contributed by atoms with Crippen LogP contribution in [-0.4, -0.2) is 59.8 Å². The molecule has 17 heavy (non-hydrogen) atoms. The third kappa shape index (κ3) is 3.44. The van der Waals surface area contributed by atoms with Crippen molar-refractivity contribution in [3.63, 3.8) is 0 Å². The van der Waals surface area contributed by atoms with Crippen molar-refractivity contribution in [3.8, 4) is 0 Å². The highest BCUT2D eigenvalue weighted by Gasteiger charge is 2.31. The summed E-state index contributed by atoms with van der Waals surface area (Å²) in [7, 11) is 0. The SMILES string of the molecule is C=C(Cl)CN1CCCC1CN1CCCC1CO.